The predicted molar refractivity (Wildman–Crippen MR) is 75.8 cm³/mol. The number of hydrogen-bond donors (Lipinski definition) is 0. The third-order valence-electron chi connectivity index (χ3n) is 2.07. The Labute approximate surface area is 107 Å². The van der Waals surface area contributed by atoms with E-state index in [0.29, 0.717) is 0 Å². The van der Waals surface area contributed by atoms with E-state index < -0.39 is 0 Å². The molecule has 17 heavy (non-hydrogen) atoms. The lowest BCUT2D eigenvalue weighted by Gasteiger charge is -2.06. The van der Waals surface area contributed by atoms with Crippen LogP contribution in [0, 0.1) is 6.92 Å². The van der Waals surface area contributed by atoms with Gasteiger partial charge in [0.25, 0.3) is 0 Å². The number of ether oxygens (including phenoxy) is 1. The van der Waals surface area contributed by atoms with E-state index in [4.69, 9.17) is 4.74 Å². The predicted octanol–water partition coefficient (Wildman–Crippen LogP) is 4.13. The lowest BCUT2D eigenvalue weighted by atomic mass is 10.2. The first-order chi connectivity index (χ1) is 8.06. The highest BCUT2D eigenvalue weighted by molar-refractivity contribution is 5.29. The Morgan fingerprint density at radius 1 is 1.18 bits per heavy atom. The number of aryl methyl sites for hydroxylation is 1. The van der Waals surface area contributed by atoms with E-state index in [2.05, 4.69) is 18.9 Å². The first-order valence-electron chi connectivity index (χ1n) is 6.75. The molecule has 1 rings (SSSR count). The molecule has 0 unspecified atom stereocenters. The topological polar surface area (TPSA) is 27.1 Å². The summed E-state index contributed by atoms with van der Waals surface area (Å²) < 4.78 is 7.47. The molecule has 0 atom stereocenters. The smallest absolute Gasteiger partial charge is 0.236 e. The summed E-state index contributed by atoms with van der Waals surface area (Å²) in [5, 5.41) is 4.32. The second-order valence-electron chi connectivity index (χ2n) is 3.52. The molecule has 0 aliphatic carbocycles. The molecule has 0 amide bonds. The van der Waals surface area contributed by atoms with Crippen molar-refractivity contribution in [2.75, 3.05) is 0 Å². The first-order valence-corrected chi connectivity index (χ1v) is 6.75. The average molecular weight is 242 g/mol. The van der Waals surface area contributed by atoms with Crippen molar-refractivity contribution in [3.05, 3.63) is 11.3 Å². The second kappa shape index (κ2) is 10.2. The lowest BCUT2D eigenvalue weighted by Crippen LogP contribution is -2.06. The molecule has 102 valence electrons. The minimum atomic E-state index is 0.193. The van der Waals surface area contributed by atoms with Gasteiger partial charge in [-0.1, -0.05) is 34.6 Å². The molecule has 0 saturated heterocycles. The molecule has 0 aliphatic rings. The Morgan fingerprint density at radius 3 is 1.94 bits per heavy atom. The van der Waals surface area contributed by atoms with Crippen LogP contribution in [0.15, 0.2) is 0 Å². The van der Waals surface area contributed by atoms with Crippen molar-refractivity contribution in [2.24, 2.45) is 7.05 Å². The zero-order chi connectivity index (χ0) is 14.0. The van der Waals surface area contributed by atoms with Gasteiger partial charge < -0.3 is 4.74 Å². The number of aromatic nitrogens is 2. The zero-order valence-corrected chi connectivity index (χ0v) is 13.1. The molecule has 3 nitrogen and oxygen atoms in total. The van der Waals surface area contributed by atoms with E-state index in [0.717, 1.165) is 12.3 Å². The van der Waals surface area contributed by atoms with Gasteiger partial charge in [-0.15, -0.1) is 5.10 Å². The third-order valence-corrected chi connectivity index (χ3v) is 2.07. The highest BCUT2D eigenvalue weighted by Crippen LogP contribution is 2.20. The molecule has 0 spiro atoms. The molecule has 1 heterocycles. The lowest BCUT2D eigenvalue weighted by molar-refractivity contribution is 0.229. The Hall–Kier alpha value is -0.990. The van der Waals surface area contributed by atoms with Crippen molar-refractivity contribution >= 4 is 0 Å². The van der Waals surface area contributed by atoms with Crippen molar-refractivity contribution in [1.82, 2.24) is 9.78 Å². The molecule has 0 aliphatic heterocycles. The van der Waals surface area contributed by atoms with Crippen LogP contribution in [-0.4, -0.2) is 15.9 Å². The summed E-state index contributed by atoms with van der Waals surface area (Å²) in [7, 11) is 1.96. The molecule has 0 fully saturated rings. The molecule has 0 saturated carbocycles. The standard InChI is InChI=1S/C10H18N2O.2C2H6/c1-6-9-8(4)10(11-12(9)5)13-7(2)3;2*1-2/h7H,6H2,1-5H3;2*1-2H3. The molecule has 0 radical (unpaired) electrons. The summed E-state index contributed by atoms with van der Waals surface area (Å²) >= 11 is 0. The van der Waals surface area contributed by atoms with Crippen LogP contribution in [0.2, 0.25) is 0 Å². The largest absolute Gasteiger partial charge is 0.474 e. The first kappa shape index (κ1) is 18.4. The van der Waals surface area contributed by atoms with Crippen LogP contribution in [0.3, 0.4) is 0 Å². The van der Waals surface area contributed by atoms with Gasteiger partial charge in [0.1, 0.15) is 0 Å². The van der Waals surface area contributed by atoms with Crippen LogP contribution >= 0.6 is 0 Å². The van der Waals surface area contributed by atoms with Crippen LogP contribution in [0.5, 0.6) is 5.88 Å². The molecular formula is C14H30N2O. The number of hydrogen-bond acceptors (Lipinski definition) is 2. The monoisotopic (exact) mass is 242 g/mol. The van der Waals surface area contributed by atoms with Crippen LogP contribution in [0.25, 0.3) is 0 Å². The van der Waals surface area contributed by atoms with Crippen LogP contribution in [0.1, 0.15) is 59.7 Å². The molecular weight excluding hydrogens is 212 g/mol. The van der Waals surface area contributed by atoms with Gasteiger partial charge >= 0.3 is 0 Å². The SMILES string of the molecule is CC.CC.CCc1c(C)c(OC(C)C)nn1C. The summed E-state index contributed by atoms with van der Waals surface area (Å²) in [5.41, 5.74) is 2.41. The van der Waals surface area contributed by atoms with Crippen molar-refractivity contribution in [3.63, 3.8) is 0 Å². The minimum absolute atomic E-state index is 0.193. The molecule has 3 heteroatoms. The fourth-order valence-corrected chi connectivity index (χ4v) is 1.47. The number of rotatable bonds is 3. The van der Waals surface area contributed by atoms with E-state index in [1.54, 1.807) is 0 Å². The van der Waals surface area contributed by atoms with E-state index in [-0.39, 0.29) is 6.10 Å². The summed E-state index contributed by atoms with van der Waals surface area (Å²) in [6.07, 6.45) is 1.19. The van der Waals surface area contributed by atoms with Crippen molar-refractivity contribution in [2.45, 2.75) is 67.9 Å². The van der Waals surface area contributed by atoms with Gasteiger partial charge in [0.05, 0.1) is 6.10 Å². The van der Waals surface area contributed by atoms with Crippen LogP contribution < -0.4 is 4.74 Å². The molecule has 0 N–H and O–H groups in total. The number of nitrogens with zero attached hydrogens (tertiary/aromatic N) is 2. The highest BCUT2D eigenvalue weighted by atomic mass is 16.5. The maximum atomic E-state index is 5.58. The van der Waals surface area contributed by atoms with Gasteiger partial charge in [-0.25, -0.2) is 0 Å². The van der Waals surface area contributed by atoms with E-state index in [9.17, 15) is 0 Å². The van der Waals surface area contributed by atoms with Crippen molar-refractivity contribution < 1.29 is 4.74 Å². The Morgan fingerprint density at radius 2 is 1.65 bits per heavy atom. The zero-order valence-electron chi connectivity index (χ0n) is 13.1. The van der Waals surface area contributed by atoms with Gasteiger partial charge in [-0.05, 0) is 27.2 Å². The summed E-state index contributed by atoms with van der Waals surface area (Å²) in [6.45, 7) is 16.2. The van der Waals surface area contributed by atoms with Gasteiger partial charge in [0, 0.05) is 18.3 Å². The van der Waals surface area contributed by atoms with E-state index in [1.165, 1.54) is 11.3 Å². The van der Waals surface area contributed by atoms with Gasteiger partial charge in [-0.2, -0.15) is 0 Å². The van der Waals surface area contributed by atoms with Crippen LogP contribution in [0.4, 0.5) is 0 Å². The minimum Gasteiger partial charge on any atom is -0.474 e. The molecule has 0 aromatic carbocycles. The Kier molecular flexibility index (Phi) is 11.0. The Balaban J connectivity index is 0. The van der Waals surface area contributed by atoms with E-state index in [1.807, 2.05) is 53.3 Å². The fourth-order valence-electron chi connectivity index (χ4n) is 1.47. The van der Waals surface area contributed by atoms with Gasteiger partial charge in [-0.3, -0.25) is 4.68 Å². The third kappa shape index (κ3) is 5.76. The molecule has 0 bridgehead atoms. The average Bonchev–Trinajstić information content (AvgIpc) is 2.58. The summed E-state index contributed by atoms with van der Waals surface area (Å²) in [5.74, 6) is 0.773. The second-order valence-corrected chi connectivity index (χ2v) is 3.52. The normalized spacial score (nSPS) is 9.06. The highest BCUT2D eigenvalue weighted by Gasteiger charge is 2.12. The quantitative estimate of drug-likeness (QED) is 0.797. The van der Waals surface area contributed by atoms with E-state index >= 15 is 0 Å². The Bertz CT molecular complexity index is 291. The maximum Gasteiger partial charge on any atom is 0.236 e. The molecule has 1 aromatic rings. The fraction of sp³-hybridized carbons (Fsp3) is 0.786. The van der Waals surface area contributed by atoms with Crippen molar-refractivity contribution in [3.8, 4) is 5.88 Å². The van der Waals surface area contributed by atoms with Crippen LogP contribution in [-0.2, 0) is 13.5 Å². The maximum absolute atomic E-state index is 5.58. The van der Waals surface area contributed by atoms with Gasteiger partial charge in [0.15, 0.2) is 0 Å². The van der Waals surface area contributed by atoms with Gasteiger partial charge in [0.2, 0.25) is 5.88 Å². The molecule has 1 aromatic heterocycles. The summed E-state index contributed by atoms with van der Waals surface area (Å²) in [4.78, 5) is 0. The van der Waals surface area contributed by atoms with Crippen molar-refractivity contribution in [1.29, 1.82) is 0 Å². The summed E-state index contributed by atoms with van der Waals surface area (Å²) in [6, 6.07) is 0.